The van der Waals surface area contributed by atoms with E-state index in [4.69, 9.17) is 5.73 Å². The maximum atomic E-state index is 12.1. The summed E-state index contributed by atoms with van der Waals surface area (Å²) in [5.41, 5.74) is 7.01. The van der Waals surface area contributed by atoms with Crippen molar-refractivity contribution < 1.29 is 9.59 Å². The molecule has 8 heteroatoms. The van der Waals surface area contributed by atoms with Crippen LogP contribution in [0.1, 0.15) is 32.8 Å². The molecule has 1 heterocycles. The van der Waals surface area contributed by atoms with E-state index in [2.05, 4.69) is 15.6 Å². The van der Waals surface area contributed by atoms with Gasteiger partial charge in [-0.25, -0.2) is 4.98 Å². The Morgan fingerprint density at radius 3 is 2.52 bits per heavy atom. The molecule has 0 atom stereocenters. The van der Waals surface area contributed by atoms with Crippen LogP contribution in [0.4, 0.5) is 5.69 Å². The second-order valence-corrected chi connectivity index (χ2v) is 5.50. The highest BCUT2D eigenvalue weighted by Gasteiger charge is 2.11. The minimum absolute atomic E-state index is 0. The first-order chi connectivity index (χ1) is 10.6. The van der Waals surface area contributed by atoms with Crippen LogP contribution < -0.4 is 16.4 Å². The SMILES string of the molecule is CCNC(=O)c1ccc(NC(=O)c2csc(CCN)n2)cc1.Cl. The van der Waals surface area contributed by atoms with Crippen molar-refractivity contribution in [1.29, 1.82) is 0 Å². The van der Waals surface area contributed by atoms with Crippen LogP contribution in [0, 0.1) is 0 Å². The molecule has 2 aromatic rings. The van der Waals surface area contributed by atoms with Gasteiger partial charge in [0.2, 0.25) is 0 Å². The summed E-state index contributed by atoms with van der Waals surface area (Å²) in [4.78, 5) is 28.0. The number of thiazole rings is 1. The van der Waals surface area contributed by atoms with Gasteiger partial charge in [0.1, 0.15) is 5.69 Å². The van der Waals surface area contributed by atoms with Crippen LogP contribution in [-0.2, 0) is 6.42 Å². The Morgan fingerprint density at radius 2 is 1.91 bits per heavy atom. The third-order valence-corrected chi connectivity index (χ3v) is 3.79. The predicted molar refractivity (Wildman–Crippen MR) is 94.5 cm³/mol. The van der Waals surface area contributed by atoms with Crippen LogP contribution >= 0.6 is 23.7 Å². The summed E-state index contributed by atoms with van der Waals surface area (Å²) in [6.45, 7) is 2.95. The Bertz CT molecular complexity index is 658. The van der Waals surface area contributed by atoms with E-state index in [1.54, 1.807) is 29.6 Å². The first-order valence-corrected chi connectivity index (χ1v) is 7.86. The van der Waals surface area contributed by atoms with E-state index in [1.807, 2.05) is 6.92 Å². The van der Waals surface area contributed by atoms with Crippen molar-refractivity contribution in [2.45, 2.75) is 13.3 Å². The van der Waals surface area contributed by atoms with Gasteiger partial charge in [-0.3, -0.25) is 9.59 Å². The molecule has 0 spiro atoms. The number of anilines is 1. The number of benzene rings is 1. The first-order valence-electron chi connectivity index (χ1n) is 6.98. The molecule has 0 aliphatic rings. The zero-order valence-electron chi connectivity index (χ0n) is 12.7. The van der Waals surface area contributed by atoms with Gasteiger partial charge < -0.3 is 16.4 Å². The second-order valence-electron chi connectivity index (χ2n) is 4.56. The number of hydrogen-bond acceptors (Lipinski definition) is 5. The zero-order chi connectivity index (χ0) is 15.9. The predicted octanol–water partition coefficient (Wildman–Crippen LogP) is 2.07. The standard InChI is InChI=1S/C15H18N4O2S.ClH/c1-2-17-14(20)10-3-5-11(6-4-10)18-15(21)12-9-22-13(19-12)7-8-16;/h3-6,9H,2,7-8,16H2,1H3,(H,17,20)(H,18,21);1H. The summed E-state index contributed by atoms with van der Waals surface area (Å²) in [7, 11) is 0. The molecule has 0 fully saturated rings. The molecule has 124 valence electrons. The van der Waals surface area contributed by atoms with Crippen molar-refractivity contribution >= 4 is 41.2 Å². The summed E-state index contributed by atoms with van der Waals surface area (Å²) >= 11 is 1.42. The number of carbonyl (C=O) groups excluding carboxylic acids is 2. The summed E-state index contributed by atoms with van der Waals surface area (Å²) in [5.74, 6) is -0.406. The van der Waals surface area contributed by atoms with Crippen molar-refractivity contribution in [2.75, 3.05) is 18.4 Å². The Hall–Kier alpha value is -1.96. The number of halogens is 1. The monoisotopic (exact) mass is 354 g/mol. The molecule has 4 N–H and O–H groups in total. The maximum Gasteiger partial charge on any atom is 0.275 e. The van der Waals surface area contributed by atoms with E-state index in [-0.39, 0.29) is 24.2 Å². The normalized spacial score (nSPS) is 9.83. The van der Waals surface area contributed by atoms with Crippen molar-refractivity contribution in [3.8, 4) is 0 Å². The van der Waals surface area contributed by atoms with Crippen LogP contribution in [0.3, 0.4) is 0 Å². The van der Waals surface area contributed by atoms with E-state index in [0.717, 1.165) is 5.01 Å². The van der Waals surface area contributed by atoms with Crippen molar-refractivity contribution in [3.05, 3.63) is 45.9 Å². The van der Waals surface area contributed by atoms with E-state index < -0.39 is 0 Å². The molecule has 0 radical (unpaired) electrons. The maximum absolute atomic E-state index is 12.1. The fourth-order valence-electron chi connectivity index (χ4n) is 1.82. The molecule has 0 bridgehead atoms. The van der Waals surface area contributed by atoms with Crippen molar-refractivity contribution in [2.24, 2.45) is 5.73 Å². The van der Waals surface area contributed by atoms with Crippen LogP contribution in [0.2, 0.25) is 0 Å². The summed E-state index contributed by atoms with van der Waals surface area (Å²) in [6, 6.07) is 6.72. The number of nitrogens with zero attached hydrogens (tertiary/aromatic N) is 1. The number of aromatic nitrogens is 1. The van der Waals surface area contributed by atoms with Gasteiger partial charge in [0.25, 0.3) is 11.8 Å². The zero-order valence-corrected chi connectivity index (χ0v) is 14.3. The molecule has 1 aromatic heterocycles. The molecule has 23 heavy (non-hydrogen) atoms. The minimum atomic E-state index is -0.273. The van der Waals surface area contributed by atoms with E-state index >= 15 is 0 Å². The molecular formula is C15H19ClN4O2S. The average molecular weight is 355 g/mol. The smallest absolute Gasteiger partial charge is 0.275 e. The van der Waals surface area contributed by atoms with Crippen molar-refractivity contribution in [3.63, 3.8) is 0 Å². The second kappa shape index (κ2) is 9.24. The van der Waals surface area contributed by atoms with Gasteiger partial charge in [0.15, 0.2) is 0 Å². The van der Waals surface area contributed by atoms with Crippen molar-refractivity contribution in [1.82, 2.24) is 10.3 Å². The largest absolute Gasteiger partial charge is 0.352 e. The lowest BCUT2D eigenvalue weighted by Crippen LogP contribution is -2.22. The van der Waals surface area contributed by atoms with E-state index in [0.29, 0.717) is 36.5 Å². The summed E-state index contributed by atoms with van der Waals surface area (Å²) in [5, 5.41) is 8.03. The first kappa shape index (κ1) is 19.1. The highest BCUT2D eigenvalue weighted by Crippen LogP contribution is 2.14. The Balaban J connectivity index is 0.00000264. The molecule has 6 nitrogen and oxygen atoms in total. The quantitative estimate of drug-likeness (QED) is 0.739. The molecule has 2 rings (SSSR count). The molecular weight excluding hydrogens is 336 g/mol. The van der Waals surface area contributed by atoms with Gasteiger partial charge >= 0.3 is 0 Å². The molecule has 0 aliphatic carbocycles. The highest BCUT2D eigenvalue weighted by atomic mass is 35.5. The topological polar surface area (TPSA) is 97.1 Å². The lowest BCUT2D eigenvalue weighted by Gasteiger charge is -2.05. The lowest BCUT2D eigenvalue weighted by molar-refractivity contribution is 0.0955. The molecule has 0 saturated carbocycles. The molecule has 0 unspecified atom stereocenters. The van der Waals surface area contributed by atoms with Crippen LogP contribution in [0.5, 0.6) is 0 Å². The summed E-state index contributed by atoms with van der Waals surface area (Å²) in [6.07, 6.45) is 0.666. The van der Waals surface area contributed by atoms with Crippen LogP contribution in [0.15, 0.2) is 29.6 Å². The van der Waals surface area contributed by atoms with Gasteiger partial charge in [0, 0.05) is 29.6 Å². The number of hydrogen-bond donors (Lipinski definition) is 3. The summed E-state index contributed by atoms with van der Waals surface area (Å²) < 4.78 is 0. The molecule has 0 saturated heterocycles. The van der Waals surface area contributed by atoms with Crippen LogP contribution in [-0.4, -0.2) is 29.9 Å². The Labute approximate surface area is 144 Å². The van der Waals surface area contributed by atoms with Gasteiger partial charge in [-0.2, -0.15) is 0 Å². The number of rotatable bonds is 6. The van der Waals surface area contributed by atoms with E-state index in [1.165, 1.54) is 11.3 Å². The molecule has 2 amide bonds. The van der Waals surface area contributed by atoms with Crippen LogP contribution in [0.25, 0.3) is 0 Å². The molecule has 0 aliphatic heterocycles. The average Bonchev–Trinajstić information content (AvgIpc) is 2.97. The molecule has 1 aromatic carbocycles. The number of nitrogens with two attached hydrogens (primary N) is 1. The van der Waals surface area contributed by atoms with Gasteiger partial charge in [-0.1, -0.05) is 0 Å². The van der Waals surface area contributed by atoms with Gasteiger partial charge in [0.05, 0.1) is 5.01 Å². The lowest BCUT2D eigenvalue weighted by atomic mass is 10.2. The fourth-order valence-corrected chi connectivity index (χ4v) is 2.61. The minimum Gasteiger partial charge on any atom is -0.352 e. The Morgan fingerprint density at radius 1 is 1.22 bits per heavy atom. The van der Waals surface area contributed by atoms with Gasteiger partial charge in [-0.15, -0.1) is 23.7 Å². The van der Waals surface area contributed by atoms with E-state index in [9.17, 15) is 9.59 Å². The highest BCUT2D eigenvalue weighted by molar-refractivity contribution is 7.09. The fraction of sp³-hybridized carbons (Fsp3) is 0.267. The number of carbonyl (C=O) groups is 2. The third kappa shape index (κ3) is 5.31. The Kier molecular flexibility index (Phi) is 7.67. The number of amides is 2. The third-order valence-electron chi connectivity index (χ3n) is 2.88. The van der Waals surface area contributed by atoms with Gasteiger partial charge in [-0.05, 0) is 37.7 Å². The number of nitrogens with one attached hydrogen (secondary N) is 2.